The summed E-state index contributed by atoms with van der Waals surface area (Å²) in [6.07, 6.45) is 3.29. The number of nitrogens with one attached hydrogen (secondary N) is 1. The largest absolute Gasteiger partial charge is 0.377 e. The fraction of sp³-hybridized carbons (Fsp3) is 0.583. The van der Waals surface area contributed by atoms with E-state index in [-0.39, 0.29) is 11.0 Å². The lowest BCUT2D eigenvalue weighted by atomic mass is 10.2. The van der Waals surface area contributed by atoms with Crippen LogP contribution in [0, 0.1) is 0 Å². The third kappa shape index (κ3) is 3.26. The van der Waals surface area contributed by atoms with Crippen molar-refractivity contribution in [2.45, 2.75) is 30.8 Å². The number of aromatic nitrogens is 1. The molecule has 2 rings (SSSR count). The van der Waals surface area contributed by atoms with Gasteiger partial charge in [-0.15, -0.1) is 0 Å². The zero-order valence-corrected chi connectivity index (χ0v) is 12.3. The predicted molar refractivity (Wildman–Crippen MR) is 75.5 cm³/mol. The van der Waals surface area contributed by atoms with E-state index in [1.165, 1.54) is 22.6 Å². The molecule has 3 N–H and O–H groups in total. The molecule has 20 heavy (non-hydrogen) atoms. The van der Waals surface area contributed by atoms with Gasteiger partial charge in [-0.3, -0.25) is 0 Å². The minimum atomic E-state index is -3.55. The van der Waals surface area contributed by atoms with Crippen molar-refractivity contribution < 1.29 is 13.2 Å². The van der Waals surface area contributed by atoms with Crippen LogP contribution >= 0.6 is 0 Å². The van der Waals surface area contributed by atoms with Crippen molar-refractivity contribution in [3.8, 4) is 0 Å². The molecule has 2 heterocycles. The van der Waals surface area contributed by atoms with Gasteiger partial charge in [-0.05, 0) is 18.9 Å². The van der Waals surface area contributed by atoms with Crippen molar-refractivity contribution >= 4 is 15.8 Å². The number of sulfonamides is 1. The number of ether oxygens (including phenoxy) is 1. The van der Waals surface area contributed by atoms with Crippen LogP contribution in [0.1, 0.15) is 19.8 Å². The fourth-order valence-corrected chi connectivity index (χ4v) is 3.71. The lowest BCUT2D eigenvalue weighted by Gasteiger charge is -2.23. The van der Waals surface area contributed by atoms with E-state index in [9.17, 15) is 8.42 Å². The molecule has 1 fully saturated rings. The van der Waals surface area contributed by atoms with Gasteiger partial charge in [0, 0.05) is 32.0 Å². The number of likely N-dealkylation sites (N-methyl/N-ethyl adjacent to an activating group) is 1. The first kappa shape index (κ1) is 15.2. The predicted octanol–water partition coefficient (Wildman–Crippen LogP) is 0.557. The van der Waals surface area contributed by atoms with Gasteiger partial charge in [0.05, 0.1) is 11.0 Å². The molecule has 7 nitrogen and oxygen atoms in total. The Bertz CT molecular complexity index is 543. The second kappa shape index (κ2) is 6.49. The van der Waals surface area contributed by atoms with Gasteiger partial charge in [-0.2, -0.15) is 4.31 Å². The summed E-state index contributed by atoms with van der Waals surface area (Å²) in [4.78, 5) is 4.10. The van der Waals surface area contributed by atoms with Gasteiger partial charge in [0.1, 0.15) is 5.82 Å². The minimum Gasteiger partial charge on any atom is -0.377 e. The van der Waals surface area contributed by atoms with E-state index in [0.717, 1.165) is 12.8 Å². The van der Waals surface area contributed by atoms with Gasteiger partial charge in [-0.1, -0.05) is 6.92 Å². The van der Waals surface area contributed by atoms with Gasteiger partial charge < -0.3 is 10.2 Å². The number of hydrazine groups is 1. The molecule has 0 radical (unpaired) electrons. The molecule has 1 unspecified atom stereocenters. The Morgan fingerprint density at radius 1 is 1.60 bits per heavy atom. The highest BCUT2D eigenvalue weighted by Gasteiger charge is 2.28. The minimum absolute atomic E-state index is 0.0151. The molecule has 1 atom stereocenters. The molecule has 1 aliphatic heterocycles. The molecule has 0 spiro atoms. The summed E-state index contributed by atoms with van der Waals surface area (Å²) >= 11 is 0. The van der Waals surface area contributed by atoms with E-state index >= 15 is 0 Å². The molecule has 0 aliphatic carbocycles. The topological polar surface area (TPSA) is 97.5 Å². The standard InChI is InChI=1S/C12H20N4O3S/c1-2-16(9-10-4-3-7-19-10)20(17,18)11-5-6-14-12(8-11)15-13/h5-6,8,10H,2-4,7,9,13H2,1H3,(H,14,15). The van der Waals surface area contributed by atoms with Crippen LogP contribution in [0.4, 0.5) is 5.82 Å². The number of nitrogens with two attached hydrogens (primary N) is 1. The van der Waals surface area contributed by atoms with Crippen LogP contribution in [0.5, 0.6) is 0 Å². The second-order valence-electron chi connectivity index (χ2n) is 4.61. The fourth-order valence-electron chi connectivity index (χ4n) is 2.21. The average molecular weight is 300 g/mol. The summed E-state index contributed by atoms with van der Waals surface area (Å²) in [5.41, 5.74) is 2.35. The van der Waals surface area contributed by atoms with Crippen molar-refractivity contribution in [2.24, 2.45) is 5.84 Å². The number of hydrogen-bond acceptors (Lipinski definition) is 6. The molecule has 1 aromatic rings. The number of rotatable bonds is 6. The van der Waals surface area contributed by atoms with E-state index in [1.54, 1.807) is 0 Å². The number of pyridine rings is 1. The number of hydrogen-bond donors (Lipinski definition) is 2. The third-order valence-electron chi connectivity index (χ3n) is 3.30. The lowest BCUT2D eigenvalue weighted by Crippen LogP contribution is -2.37. The summed E-state index contributed by atoms with van der Waals surface area (Å²) in [6, 6.07) is 2.89. The summed E-state index contributed by atoms with van der Waals surface area (Å²) < 4.78 is 32.1. The number of anilines is 1. The SMILES string of the molecule is CCN(CC1CCCO1)S(=O)(=O)c1ccnc(NN)c1. The molecule has 1 saturated heterocycles. The number of nitrogens with zero attached hydrogens (tertiary/aromatic N) is 2. The van der Waals surface area contributed by atoms with Crippen molar-refractivity contribution in [1.82, 2.24) is 9.29 Å². The Labute approximate surface area is 119 Å². The average Bonchev–Trinajstić information content (AvgIpc) is 2.97. The molecule has 112 valence electrons. The molecule has 0 saturated carbocycles. The van der Waals surface area contributed by atoms with Gasteiger partial charge in [-0.25, -0.2) is 19.2 Å². The van der Waals surface area contributed by atoms with Crippen LogP contribution in [0.15, 0.2) is 23.2 Å². The van der Waals surface area contributed by atoms with Crippen molar-refractivity contribution in [2.75, 3.05) is 25.1 Å². The zero-order valence-electron chi connectivity index (χ0n) is 11.4. The van der Waals surface area contributed by atoms with Gasteiger partial charge in [0.25, 0.3) is 0 Å². The first-order valence-electron chi connectivity index (χ1n) is 6.62. The van der Waals surface area contributed by atoms with Crippen LogP contribution in [-0.2, 0) is 14.8 Å². The van der Waals surface area contributed by atoms with E-state index in [0.29, 0.717) is 25.5 Å². The van der Waals surface area contributed by atoms with E-state index in [2.05, 4.69) is 10.4 Å². The number of nitrogen functional groups attached to an aromatic ring is 1. The smallest absolute Gasteiger partial charge is 0.243 e. The van der Waals surface area contributed by atoms with E-state index in [1.807, 2.05) is 6.92 Å². The monoisotopic (exact) mass is 300 g/mol. The maximum Gasteiger partial charge on any atom is 0.243 e. The first-order valence-corrected chi connectivity index (χ1v) is 8.06. The maximum absolute atomic E-state index is 12.6. The van der Waals surface area contributed by atoms with Crippen LogP contribution in [0.3, 0.4) is 0 Å². The first-order chi connectivity index (χ1) is 9.57. The Morgan fingerprint density at radius 3 is 3.00 bits per heavy atom. The summed E-state index contributed by atoms with van der Waals surface area (Å²) in [7, 11) is -3.55. The summed E-state index contributed by atoms with van der Waals surface area (Å²) in [5.74, 6) is 5.58. The lowest BCUT2D eigenvalue weighted by molar-refractivity contribution is 0.0947. The highest BCUT2D eigenvalue weighted by molar-refractivity contribution is 7.89. The van der Waals surface area contributed by atoms with Crippen LogP contribution in [0.2, 0.25) is 0 Å². The highest BCUT2D eigenvalue weighted by atomic mass is 32.2. The molecule has 0 aromatic carbocycles. The van der Waals surface area contributed by atoms with Crippen LogP contribution in [-0.4, -0.2) is 43.5 Å². The maximum atomic E-state index is 12.6. The molecule has 8 heteroatoms. The van der Waals surface area contributed by atoms with Gasteiger partial charge in [0.15, 0.2) is 0 Å². The second-order valence-corrected chi connectivity index (χ2v) is 6.55. The molecular formula is C12H20N4O3S. The molecular weight excluding hydrogens is 280 g/mol. The summed E-state index contributed by atoms with van der Waals surface area (Å²) in [5, 5.41) is 0. The van der Waals surface area contributed by atoms with Gasteiger partial charge in [0.2, 0.25) is 10.0 Å². The van der Waals surface area contributed by atoms with Crippen LogP contribution < -0.4 is 11.3 Å². The zero-order chi connectivity index (χ0) is 14.6. The van der Waals surface area contributed by atoms with E-state index < -0.39 is 10.0 Å². The third-order valence-corrected chi connectivity index (χ3v) is 5.24. The molecule has 1 aromatic heterocycles. The van der Waals surface area contributed by atoms with Crippen molar-refractivity contribution in [1.29, 1.82) is 0 Å². The van der Waals surface area contributed by atoms with Crippen LogP contribution in [0.25, 0.3) is 0 Å². The van der Waals surface area contributed by atoms with Gasteiger partial charge >= 0.3 is 0 Å². The van der Waals surface area contributed by atoms with Crippen molar-refractivity contribution in [3.05, 3.63) is 18.3 Å². The quantitative estimate of drug-likeness (QED) is 0.588. The van der Waals surface area contributed by atoms with Crippen molar-refractivity contribution in [3.63, 3.8) is 0 Å². The Hall–Kier alpha value is -1.22. The normalized spacial score (nSPS) is 19.4. The molecule has 1 aliphatic rings. The Balaban J connectivity index is 2.21. The highest BCUT2D eigenvalue weighted by Crippen LogP contribution is 2.20. The summed E-state index contributed by atoms with van der Waals surface area (Å²) in [6.45, 7) is 3.30. The Morgan fingerprint density at radius 2 is 2.40 bits per heavy atom. The Kier molecular flexibility index (Phi) is 4.92. The van der Waals surface area contributed by atoms with E-state index in [4.69, 9.17) is 10.6 Å². The molecule has 0 amide bonds. The molecule has 0 bridgehead atoms.